The van der Waals surface area contributed by atoms with Gasteiger partial charge in [0.05, 0.1) is 35.1 Å². The molecule has 0 N–H and O–H groups in total. The normalized spacial score (nSPS) is 10.6. The number of nitro groups is 1. The highest BCUT2D eigenvalue weighted by atomic mass is 16.6. The van der Waals surface area contributed by atoms with Gasteiger partial charge in [-0.15, -0.1) is 0 Å². The molecule has 0 spiro atoms. The van der Waals surface area contributed by atoms with E-state index in [9.17, 15) is 19.7 Å². The van der Waals surface area contributed by atoms with Crippen molar-refractivity contribution in [2.24, 2.45) is 10.2 Å². The summed E-state index contributed by atoms with van der Waals surface area (Å²) in [5.74, 6) is 0.0987. The number of benzene rings is 3. The van der Waals surface area contributed by atoms with E-state index in [1.807, 2.05) is 0 Å². The SMILES string of the molecule is C=CC(=O)OCCCCCCOc1ccc(C(=O)Oc2ccc(N=Nc3ccc([N+](=O)[O-])cc3)cc2)cc1. The molecule has 0 fully saturated rings. The molecule has 0 amide bonds. The quantitative estimate of drug-likeness (QED) is 0.0432. The van der Waals surface area contributed by atoms with Gasteiger partial charge in [0.15, 0.2) is 0 Å². The minimum Gasteiger partial charge on any atom is -0.494 e. The van der Waals surface area contributed by atoms with E-state index >= 15 is 0 Å². The minimum absolute atomic E-state index is 0.0220. The Balaban J connectivity index is 1.39. The van der Waals surface area contributed by atoms with Crippen molar-refractivity contribution in [1.82, 2.24) is 0 Å². The molecule has 38 heavy (non-hydrogen) atoms. The smallest absolute Gasteiger partial charge is 0.343 e. The maximum absolute atomic E-state index is 12.5. The number of carbonyl (C=O) groups is 2. The number of hydrogen-bond acceptors (Lipinski definition) is 9. The number of unbranched alkanes of at least 4 members (excludes halogenated alkanes) is 3. The molecule has 0 aliphatic carbocycles. The maximum atomic E-state index is 12.5. The van der Waals surface area contributed by atoms with Gasteiger partial charge in [0, 0.05) is 18.2 Å². The molecule has 10 nitrogen and oxygen atoms in total. The third kappa shape index (κ3) is 9.30. The van der Waals surface area contributed by atoms with E-state index in [1.165, 1.54) is 24.3 Å². The first-order valence-electron chi connectivity index (χ1n) is 11.9. The van der Waals surface area contributed by atoms with E-state index < -0.39 is 16.9 Å². The second kappa shape index (κ2) is 14.6. The van der Waals surface area contributed by atoms with E-state index in [0.717, 1.165) is 31.8 Å². The number of carbonyl (C=O) groups excluding carboxylic acids is 2. The van der Waals surface area contributed by atoms with Crippen molar-refractivity contribution in [3.63, 3.8) is 0 Å². The van der Waals surface area contributed by atoms with Crippen LogP contribution in [0.25, 0.3) is 0 Å². The Morgan fingerprint density at radius 1 is 0.789 bits per heavy atom. The number of non-ortho nitro benzene ring substituents is 1. The van der Waals surface area contributed by atoms with Gasteiger partial charge < -0.3 is 14.2 Å². The molecule has 3 aromatic rings. The fourth-order valence-electron chi connectivity index (χ4n) is 3.17. The third-order valence-corrected chi connectivity index (χ3v) is 5.20. The van der Waals surface area contributed by atoms with E-state index in [2.05, 4.69) is 16.8 Å². The van der Waals surface area contributed by atoms with Crippen molar-refractivity contribution in [2.45, 2.75) is 25.7 Å². The number of ether oxygens (including phenoxy) is 3. The average molecular weight is 518 g/mol. The van der Waals surface area contributed by atoms with E-state index in [1.54, 1.807) is 48.5 Å². The number of rotatable bonds is 14. The van der Waals surface area contributed by atoms with Crippen LogP contribution in [0.1, 0.15) is 36.0 Å². The summed E-state index contributed by atoms with van der Waals surface area (Å²) in [6.45, 7) is 4.29. The lowest BCUT2D eigenvalue weighted by molar-refractivity contribution is -0.384. The number of nitrogens with zero attached hydrogens (tertiary/aromatic N) is 3. The fourth-order valence-corrected chi connectivity index (χ4v) is 3.17. The van der Waals surface area contributed by atoms with Crippen LogP contribution in [0.4, 0.5) is 17.1 Å². The topological polar surface area (TPSA) is 130 Å². The minimum atomic E-state index is -0.506. The van der Waals surface area contributed by atoms with Crippen LogP contribution >= 0.6 is 0 Å². The van der Waals surface area contributed by atoms with Crippen LogP contribution in [0, 0.1) is 10.1 Å². The molecule has 0 atom stereocenters. The first kappa shape index (κ1) is 27.7. The molecule has 0 aliphatic heterocycles. The summed E-state index contributed by atoms with van der Waals surface area (Å²) in [6.07, 6.45) is 4.70. The first-order chi connectivity index (χ1) is 18.4. The van der Waals surface area contributed by atoms with Gasteiger partial charge in [0.25, 0.3) is 5.69 Å². The van der Waals surface area contributed by atoms with Gasteiger partial charge in [0.2, 0.25) is 0 Å². The molecule has 0 aromatic heterocycles. The molecule has 0 unspecified atom stereocenters. The molecule has 3 rings (SSSR count). The molecule has 0 bridgehead atoms. The van der Waals surface area contributed by atoms with E-state index in [-0.39, 0.29) is 5.69 Å². The Labute approximate surface area is 219 Å². The van der Waals surface area contributed by atoms with Gasteiger partial charge in [-0.25, -0.2) is 9.59 Å². The highest BCUT2D eigenvalue weighted by molar-refractivity contribution is 5.91. The Morgan fingerprint density at radius 3 is 1.92 bits per heavy atom. The summed E-state index contributed by atoms with van der Waals surface area (Å²) in [6, 6.07) is 18.9. The van der Waals surface area contributed by atoms with E-state index in [0.29, 0.717) is 41.7 Å². The average Bonchev–Trinajstić information content (AvgIpc) is 2.94. The Bertz CT molecular complexity index is 1260. The van der Waals surface area contributed by atoms with Gasteiger partial charge in [-0.3, -0.25) is 10.1 Å². The molecular formula is C28H27N3O7. The summed E-state index contributed by atoms with van der Waals surface area (Å²) in [5, 5.41) is 18.8. The van der Waals surface area contributed by atoms with Crippen molar-refractivity contribution in [2.75, 3.05) is 13.2 Å². The summed E-state index contributed by atoms with van der Waals surface area (Å²) in [4.78, 5) is 33.6. The van der Waals surface area contributed by atoms with Crippen molar-refractivity contribution in [3.05, 3.63) is 101 Å². The highest BCUT2D eigenvalue weighted by Gasteiger charge is 2.09. The lowest BCUT2D eigenvalue weighted by Crippen LogP contribution is -2.08. The number of nitro benzene ring substituents is 1. The van der Waals surface area contributed by atoms with Crippen LogP contribution in [0.15, 0.2) is 95.7 Å². The molecule has 0 aliphatic rings. The van der Waals surface area contributed by atoms with Gasteiger partial charge in [-0.1, -0.05) is 6.58 Å². The van der Waals surface area contributed by atoms with Crippen molar-refractivity contribution in [3.8, 4) is 11.5 Å². The van der Waals surface area contributed by atoms with Crippen molar-refractivity contribution < 1.29 is 28.7 Å². The summed E-state index contributed by atoms with van der Waals surface area (Å²) >= 11 is 0. The van der Waals surface area contributed by atoms with Crippen molar-refractivity contribution >= 4 is 29.0 Å². The predicted molar refractivity (Wildman–Crippen MR) is 140 cm³/mol. The number of esters is 2. The van der Waals surface area contributed by atoms with Crippen molar-refractivity contribution in [1.29, 1.82) is 0 Å². The molecule has 196 valence electrons. The molecule has 0 heterocycles. The fraction of sp³-hybridized carbons (Fsp3) is 0.214. The van der Waals surface area contributed by atoms with Crippen LogP contribution in [0.2, 0.25) is 0 Å². The number of hydrogen-bond donors (Lipinski definition) is 0. The Hall–Kier alpha value is -4.86. The monoisotopic (exact) mass is 517 g/mol. The van der Waals surface area contributed by atoms with Crippen LogP contribution in [-0.2, 0) is 9.53 Å². The lowest BCUT2D eigenvalue weighted by Gasteiger charge is -2.08. The largest absolute Gasteiger partial charge is 0.494 e. The van der Waals surface area contributed by atoms with Gasteiger partial charge in [-0.05, 0) is 86.3 Å². The summed E-state index contributed by atoms with van der Waals surface area (Å²) in [7, 11) is 0. The van der Waals surface area contributed by atoms with E-state index in [4.69, 9.17) is 14.2 Å². The Kier molecular flexibility index (Phi) is 10.7. The second-order valence-corrected chi connectivity index (χ2v) is 8.02. The lowest BCUT2D eigenvalue weighted by atomic mass is 10.2. The Morgan fingerprint density at radius 2 is 1.34 bits per heavy atom. The molecule has 10 heteroatoms. The standard InChI is InChI=1S/C28H27N3O7/c1-2-27(32)37-20-6-4-3-5-19-36-25-15-7-21(8-16-25)28(33)38-26-17-11-23(12-18-26)30-29-22-9-13-24(14-10-22)31(34)35/h2,7-18H,1,3-6,19-20H2. The van der Waals surface area contributed by atoms with Crippen LogP contribution in [0.5, 0.6) is 11.5 Å². The summed E-state index contributed by atoms with van der Waals surface area (Å²) in [5.41, 5.74) is 1.36. The zero-order valence-electron chi connectivity index (χ0n) is 20.7. The van der Waals surface area contributed by atoms with Crippen LogP contribution < -0.4 is 9.47 Å². The van der Waals surface area contributed by atoms with Gasteiger partial charge in [0.1, 0.15) is 11.5 Å². The summed E-state index contributed by atoms with van der Waals surface area (Å²) < 4.78 is 16.0. The van der Waals surface area contributed by atoms with Crippen LogP contribution in [-0.4, -0.2) is 30.1 Å². The third-order valence-electron chi connectivity index (χ3n) is 5.20. The predicted octanol–water partition coefficient (Wildman–Crippen LogP) is 6.90. The molecule has 0 radical (unpaired) electrons. The zero-order chi connectivity index (χ0) is 27.2. The highest BCUT2D eigenvalue weighted by Crippen LogP contribution is 2.24. The van der Waals surface area contributed by atoms with Gasteiger partial charge >= 0.3 is 11.9 Å². The second-order valence-electron chi connectivity index (χ2n) is 8.02. The molecule has 0 saturated carbocycles. The molecule has 0 saturated heterocycles. The molecule has 3 aromatic carbocycles. The molecular weight excluding hydrogens is 490 g/mol. The zero-order valence-corrected chi connectivity index (χ0v) is 20.7. The van der Waals surface area contributed by atoms with Crippen LogP contribution in [0.3, 0.4) is 0 Å². The maximum Gasteiger partial charge on any atom is 0.343 e. The van der Waals surface area contributed by atoms with Gasteiger partial charge in [-0.2, -0.15) is 10.2 Å². The first-order valence-corrected chi connectivity index (χ1v) is 11.9. The number of azo groups is 1.